The van der Waals surface area contributed by atoms with E-state index in [0.717, 1.165) is 105 Å². The van der Waals surface area contributed by atoms with E-state index in [2.05, 4.69) is 88.0 Å². The van der Waals surface area contributed by atoms with E-state index >= 15 is 8.78 Å². The Balaban J connectivity index is 1.27. The highest BCUT2D eigenvalue weighted by Crippen LogP contribution is 2.49. The number of rotatable bonds is 19. The molecule has 12 nitrogen and oxygen atoms in total. The van der Waals surface area contributed by atoms with Crippen molar-refractivity contribution < 1.29 is 18.4 Å². The number of anilines is 3. The third-order valence-corrected chi connectivity index (χ3v) is 14.9. The monoisotopic (exact) mass is 923 g/mol. The van der Waals surface area contributed by atoms with Gasteiger partial charge in [0.05, 0.1) is 41.6 Å². The van der Waals surface area contributed by atoms with Crippen LogP contribution < -0.4 is 31.5 Å². The molecule has 0 spiro atoms. The van der Waals surface area contributed by atoms with Crippen LogP contribution in [0.1, 0.15) is 126 Å². The molecule has 3 saturated heterocycles. The van der Waals surface area contributed by atoms with Crippen molar-refractivity contribution in [3.05, 3.63) is 94.7 Å². The second-order valence-corrected chi connectivity index (χ2v) is 18.7. The number of nitrogens with zero attached hydrogens (tertiary/aromatic N) is 4. The molecule has 3 aromatic rings. The zero-order chi connectivity index (χ0) is 48.5. The summed E-state index contributed by atoms with van der Waals surface area (Å²) >= 11 is 0. The molecule has 0 saturated carbocycles. The van der Waals surface area contributed by atoms with Gasteiger partial charge in [-0.05, 0) is 118 Å². The van der Waals surface area contributed by atoms with E-state index in [0.29, 0.717) is 29.7 Å². The Morgan fingerprint density at radius 2 is 1.39 bits per heavy atom. The van der Waals surface area contributed by atoms with Gasteiger partial charge in [0.25, 0.3) is 0 Å². The number of aliphatic imine (C=N–C) groups is 1. The molecule has 3 amide bonds. The molecule has 3 heterocycles. The highest BCUT2D eigenvalue weighted by atomic mass is 19.1. The Hall–Kier alpha value is -5.50. The van der Waals surface area contributed by atoms with Crippen LogP contribution in [0.4, 0.5) is 36.3 Å². The molecule has 0 radical (unpaired) electrons. The molecule has 4 unspecified atom stereocenters. The predicted molar refractivity (Wildman–Crippen MR) is 271 cm³/mol. The molecule has 14 heteroatoms. The normalized spacial score (nSPS) is 20.5. The first-order chi connectivity index (χ1) is 32.2. The van der Waals surface area contributed by atoms with E-state index in [4.69, 9.17) is 4.99 Å². The van der Waals surface area contributed by atoms with E-state index in [1.54, 1.807) is 7.05 Å². The molecule has 67 heavy (non-hydrogen) atoms. The van der Waals surface area contributed by atoms with Gasteiger partial charge < -0.3 is 41.3 Å². The van der Waals surface area contributed by atoms with E-state index in [1.165, 1.54) is 19.1 Å². The van der Waals surface area contributed by atoms with Gasteiger partial charge in [0.15, 0.2) is 0 Å². The Bertz CT molecular complexity index is 2240. The van der Waals surface area contributed by atoms with Crippen molar-refractivity contribution in [3.63, 3.8) is 0 Å². The molecule has 0 bridgehead atoms. The van der Waals surface area contributed by atoms with Crippen LogP contribution in [0, 0.1) is 42.7 Å². The molecule has 3 fully saturated rings. The van der Waals surface area contributed by atoms with Crippen molar-refractivity contribution in [2.75, 3.05) is 49.8 Å². The quantitative estimate of drug-likeness (QED) is 0.0520. The first-order valence-corrected chi connectivity index (χ1v) is 24.7. The number of nitrogens with one attached hydrogen (secondary N) is 6. The van der Waals surface area contributed by atoms with Crippen LogP contribution in [0.25, 0.3) is 0 Å². The van der Waals surface area contributed by atoms with Crippen LogP contribution in [0.5, 0.6) is 0 Å². The lowest BCUT2D eigenvalue weighted by Crippen LogP contribution is -2.55. The number of urea groups is 1. The summed E-state index contributed by atoms with van der Waals surface area (Å²) in [5.74, 6) is -0.283. The van der Waals surface area contributed by atoms with Crippen LogP contribution in [0.3, 0.4) is 0 Å². The predicted octanol–water partition coefficient (Wildman–Crippen LogP) is 10.5. The summed E-state index contributed by atoms with van der Waals surface area (Å²) in [7, 11) is 5.34. The Kier molecular flexibility index (Phi) is 17.5. The van der Waals surface area contributed by atoms with Crippen molar-refractivity contribution >= 4 is 46.7 Å². The van der Waals surface area contributed by atoms with Crippen LogP contribution in [-0.2, 0) is 4.79 Å². The SMILES string of the molecule is C=C(Nc1ccc(C2CC[C@H](c3ccc(NC)c(N=CC4CCCN4C(=O)C(NC(=O)NC)C(CC)CC)c3)N2c2cc(F)c(C)c(F)c2)cc1C)[C@@H]1CCCN1C(=N)C(NC)C(CC)CC. The fourth-order valence-corrected chi connectivity index (χ4v) is 10.8. The zero-order valence-corrected chi connectivity index (χ0v) is 41.4. The van der Waals surface area contributed by atoms with Crippen LogP contribution in [-0.4, -0.2) is 92.2 Å². The number of hydrogen-bond acceptors (Lipinski definition) is 8. The number of benzene rings is 3. The van der Waals surface area contributed by atoms with Crippen molar-refractivity contribution in [1.82, 2.24) is 25.8 Å². The fraction of sp³-hybridized carbons (Fsp3) is 0.547. The molecular weight excluding hydrogens is 847 g/mol. The van der Waals surface area contributed by atoms with Crippen LogP contribution in [0.15, 0.2) is 65.8 Å². The number of likely N-dealkylation sites (N-methyl/N-ethyl adjacent to an activating group) is 1. The minimum atomic E-state index is -0.645. The van der Waals surface area contributed by atoms with Gasteiger partial charge in [-0.25, -0.2) is 13.6 Å². The minimum Gasteiger partial charge on any atom is -0.386 e. The smallest absolute Gasteiger partial charge is 0.315 e. The average Bonchev–Trinajstić information content (AvgIpc) is 4.13. The average molecular weight is 923 g/mol. The van der Waals surface area contributed by atoms with Crippen molar-refractivity contribution in [1.29, 1.82) is 5.41 Å². The van der Waals surface area contributed by atoms with E-state index in [-0.39, 0.29) is 53.6 Å². The molecule has 0 aromatic heterocycles. The highest BCUT2D eigenvalue weighted by Gasteiger charge is 2.39. The fourth-order valence-electron chi connectivity index (χ4n) is 10.8. The largest absolute Gasteiger partial charge is 0.386 e. The van der Waals surface area contributed by atoms with Gasteiger partial charge in [-0.2, -0.15) is 0 Å². The Morgan fingerprint density at radius 1 is 0.806 bits per heavy atom. The number of hydrogen-bond donors (Lipinski definition) is 6. The van der Waals surface area contributed by atoms with Gasteiger partial charge >= 0.3 is 6.03 Å². The lowest BCUT2D eigenvalue weighted by atomic mass is 9.92. The maximum atomic E-state index is 15.5. The Labute approximate surface area is 398 Å². The minimum absolute atomic E-state index is 0.00147. The molecular formula is C53H76F2N10O2. The van der Waals surface area contributed by atoms with Crippen LogP contribution >= 0.6 is 0 Å². The second-order valence-electron chi connectivity index (χ2n) is 18.7. The van der Waals surface area contributed by atoms with E-state index in [1.807, 2.05) is 51.2 Å². The summed E-state index contributed by atoms with van der Waals surface area (Å²) in [5.41, 5.74) is 6.79. The maximum Gasteiger partial charge on any atom is 0.315 e. The van der Waals surface area contributed by atoms with Crippen molar-refractivity contribution in [2.45, 2.75) is 142 Å². The molecule has 3 aliphatic rings. The molecule has 0 aliphatic carbocycles. The summed E-state index contributed by atoms with van der Waals surface area (Å²) in [4.78, 5) is 37.8. The molecule has 6 atom stereocenters. The summed E-state index contributed by atoms with van der Waals surface area (Å²) in [6.45, 7) is 17.9. The summed E-state index contributed by atoms with van der Waals surface area (Å²) in [5, 5.41) is 25.1. The van der Waals surface area contributed by atoms with Crippen molar-refractivity contribution in [2.24, 2.45) is 16.8 Å². The lowest BCUT2D eigenvalue weighted by molar-refractivity contribution is -0.134. The molecule has 3 aromatic carbocycles. The topological polar surface area (TPSA) is 140 Å². The van der Waals surface area contributed by atoms with Gasteiger partial charge in [-0.1, -0.05) is 78.2 Å². The zero-order valence-electron chi connectivity index (χ0n) is 41.4. The van der Waals surface area contributed by atoms with E-state index < -0.39 is 17.7 Å². The molecule has 364 valence electrons. The lowest BCUT2D eigenvalue weighted by Gasteiger charge is -2.36. The third-order valence-electron chi connectivity index (χ3n) is 14.9. The first-order valence-electron chi connectivity index (χ1n) is 24.7. The summed E-state index contributed by atoms with van der Waals surface area (Å²) < 4.78 is 30.9. The third kappa shape index (κ3) is 11.1. The summed E-state index contributed by atoms with van der Waals surface area (Å²) in [6.07, 6.45) is 10.3. The standard InChI is InChI=1S/C53H76F2N10O2/c1-11-35(12-2)49(58-9)51(56)64-26-16-18-46(64)34(7)61-43-21-19-37(27-32(43)5)47-23-24-48(65(47)40-29-41(54)33(6)42(55)30-40)38-20-22-44(57-8)45(28-38)60-31-39-17-15-25-63(39)52(66)50(36(13-3)14-4)62-53(67)59-10/h19-22,27-31,35-36,39,46-50,56-58,61H,7,11-18,23-26H2,1-6,8-10H3,(H2,59,62,67)/t39?,46-,47?,48+,49?,50?/m0/s1. The maximum absolute atomic E-state index is 15.5. The molecule has 3 aliphatic heterocycles. The van der Waals surface area contributed by atoms with Gasteiger partial charge in [-0.15, -0.1) is 0 Å². The number of amidine groups is 1. The number of carbonyl (C=O) groups is 2. The van der Waals surface area contributed by atoms with E-state index in [9.17, 15) is 15.0 Å². The Morgan fingerprint density at radius 3 is 1.97 bits per heavy atom. The molecule has 6 N–H and O–H groups in total. The number of carbonyl (C=O) groups excluding carboxylic acids is 2. The van der Waals surface area contributed by atoms with Gasteiger partial charge in [0.1, 0.15) is 23.5 Å². The highest BCUT2D eigenvalue weighted by molar-refractivity contribution is 5.90. The number of halogens is 2. The number of aryl methyl sites for hydroxylation is 1. The first kappa shape index (κ1) is 50.9. The van der Waals surface area contributed by atoms with Gasteiger partial charge in [0, 0.05) is 56.0 Å². The summed E-state index contributed by atoms with van der Waals surface area (Å²) in [6, 6.07) is 13.7. The molecule has 6 rings (SSSR count). The second kappa shape index (κ2) is 23.0. The van der Waals surface area contributed by atoms with Gasteiger partial charge in [-0.3, -0.25) is 15.2 Å². The number of likely N-dealkylation sites (tertiary alicyclic amines) is 2. The van der Waals surface area contributed by atoms with Gasteiger partial charge in [0.2, 0.25) is 5.91 Å². The number of amides is 3. The van der Waals surface area contributed by atoms with Crippen molar-refractivity contribution in [3.8, 4) is 0 Å². The van der Waals surface area contributed by atoms with Crippen LogP contribution in [0.2, 0.25) is 0 Å².